The number of halogens is 2. The zero-order valence-corrected chi connectivity index (χ0v) is 14.9. The molecule has 7 heteroatoms. The van der Waals surface area contributed by atoms with Gasteiger partial charge in [0.25, 0.3) is 0 Å². The van der Waals surface area contributed by atoms with Crippen LogP contribution in [0.4, 0.5) is 25.8 Å². The summed E-state index contributed by atoms with van der Waals surface area (Å²) in [5, 5.41) is 4.62. The number of hydrogen-bond acceptors (Lipinski definition) is 3. The number of amides is 2. The fourth-order valence-electron chi connectivity index (χ4n) is 2.52. The third-order valence-electron chi connectivity index (χ3n) is 3.97. The van der Waals surface area contributed by atoms with Crippen LogP contribution in [0.15, 0.2) is 36.4 Å². The van der Waals surface area contributed by atoms with E-state index in [1.165, 1.54) is 0 Å². The van der Waals surface area contributed by atoms with Crippen LogP contribution in [0.25, 0.3) is 0 Å². The van der Waals surface area contributed by atoms with Crippen molar-refractivity contribution in [3.05, 3.63) is 53.6 Å². The molecule has 0 saturated carbocycles. The van der Waals surface area contributed by atoms with Crippen molar-refractivity contribution in [2.45, 2.75) is 20.8 Å². The van der Waals surface area contributed by atoms with Gasteiger partial charge in [0, 0.05) is 30.5 Å². The first kappa shape index (κ1) is 19.4. The molecule has 2 N–H and O–H groups in total. The van der Waals surface area contributed by atoms with Gasteiger partial charge in [-0.25, -0.2) is 8.78 Å². The molecule has 2 rings (SSSR count). The highest BCUT2D eigenvalue weighted by Crippen LogP contribution is 2.23. The molecule has 0 bridgehead atoms. The van der Waals surface area contributed by atoms with Gasteiger partial charge in [-0.15, -0.1) is 0 Å². The molecule has 0 aromatic heterocycles. The molecular formula is C19H21F2N3O2. The predicted molar refractivity (Wildman–Crippen MR) is 98.4 cm³/mol. The number of rotatable bonds is 5. The van der Waals surface area contributed by atoms with E-state index in [1.807, 2.05) is 32.9 Å². The SMILES string of the molecule is CCN(CC)c1ccc(NC(=O)C(=O)Nc2ccc(F)cc2F)c(C)c1. The lowest BCUT2D eigenvalue weighted by Gasteiger charge is -2.22. The van der Waals surface area contributed by atoms with E-state index in [2.05, 4.69) is 15.5 Å². The molecule has 0 unspecified atom stereocenters. The molecule has 0 heterocycles. The number of nitrogens with one attached hydrogen (secondary N) is 2. The number of anilines is 3. The highest BCUT2D eigenvalue weighted by atomic mass is 19.1. The van der Waals surface area contributed by atoms with Crippen molar-refractivity contribution in [2.75, 3.05) is 28.6 Å². The highest BCUT2D eigenvalue weighted by molar-refractivity contribution is 6.43. The number of hydrogen-bond donors (Lipinski definition) is 2. The van der Waals surface area contributed by atoms with E-state index in [4.69, 9.17) is 0 Å². The summed E-state index contributed by atoms with van der Waals surface area (Å²) >= 11 is 0. The maximum atomic E-state index is 13.6. The Morgan fingerprint density at radius 1 is 0.923 bits per heavy atom. The van der Waals surface area contributed by atoms with Crippen molar-refractivity contribution in [2.24, 2.45) is 0 Å². The molecule has 0 spiro atoms. The van der Waals surface area contributed by atoms with Crippen molar-refractivity contribution in [1.82, 2.24) is 0 Å². The average Bonchev–Trinajstić information content (AvgIpc) is 2.60. The van der Waals surface area contributed by atoms with Crippen LogP contribution < -0.4 is 15.5 Å². The molecular weight excluding hydrogens is 340 g/mol. The molecule has 0 aliphatic carbocycles. The molecule has 2 aromatic carbocycles. The Hall–Kier alpha value is -2.96. The Labute approximate surface area is 151 Å². The number of aryl methyl sites for hydroxylation is 1. The lowest BCUT2D eigenvalue weighted by molar-refractivity contribution is -0.133. The maximum Gasteiger partial charge on any atom is 0.314 e. The first-order valence-corrected chi connectivity index (χ1v) is 8.28. The van der Waals surface area contributed by atoms with E-state index < -0.39 is 23.4 Å². The number of nitrogens with zero attached hydrogens (tertiary/aromatic N) is 1. The Bertz CT molecular complexity index is 820. The van der Waals surface area contributed by atoms with Crippen LogP contribution in [0.1, 0.15) is 19.4 Å². The van der Waals surface area contributed by atoms with Gasteiger partial charge in [0.2, 0.25) is 0 Å². The number of carbonyl (C=O) groups is 2. The third-order valence-corrected chi connectivity index (χ3v) is 3.97. The zero-order chi connectivity index (χ0) is 19.3. The zero-order valence-electron chi connectivity index (χ0n) is 14.9. The highest BCUT2D eigenvalue weighted by Gasteiger charge is 2.17. The predicted octanol–water partition coefficient (Wildman–Crippen LogP) is 3.70. The van der Waals surface area contributed by atoms with Crippen LogP contribution in [-0.2, 0) is 9.59 Å². The molecule has 26 heavy (non-hydrogen) atoms. The van der Waals surface area contributed by atoms with Crippen molar-refractivity contribution in [3.8, 4) is 0 Å². The standard InChI is InChI=1S/C19H21F2N3O2/c1-4-24(5-2)14-7-9-16(12(3)10-14)22-18(25)19(26)23-17-8-6-13(20)11-15(17)21/h6-11H,4-5H2,1-3H3,(H,22,25)(H,23,26). The normalized spacial score (nSPS) is 10.3. The van der Waals surface area contributed by atoms with Crippen LogP contribution in [0, 0.1) is 18.6 Å². The molecule has 138 valence electrons. The average molecular weight is 361 g/mol. The van der Waals surface area contributed by atoms with E-state index in [0.717, 1.165) is 36.5 Å². The molecule has 0 aliphatic rings. The van der Waals surface area contributed by atoms with Crippen molar-refractivity contribution < 1.29 is 18.4 Å². The topological polar surface area (TPSA) is 61.4 Å². The van der Waals surface area contributed by atoms with Gasteiger partial charge in [-0.1, -0.05) is 0 Å². The Morgan fingerprint density at radius 2 is 1.50 bits per heavy atom. The van der Waals surface area contributed by atoms with E-state index >= 15 is 0 Å². The fourth-order valence-corrected chi connectivity index (χ4v) is 2.52. The van der Waals surface area contributed by atoms with E-state index in [9.17, 15) is 18.4 Å². The van der Waals surface area contributed by atoms with Gasteiger partial charge < -0.3 is 15.5 Å². The largest absolute Gasteiger partial charge is 0.372 e. The summed E-state index contributed by atoms with van der Waals surface area (Å²) in [6.45, 7) is 7.63. The van der Waals surface area contributed by atoms with E-state index in [1.54, 1.807) is 6.07 Å². The van der Waals surface area contributed by atoms with Crippen LogP contribution in [-0.4, -0.2) is 24.9 Å². The second kappa shape index (κ2) is 8.42. The van der Waals surface area contributed by atoms with Crippen molar-refractivity contribution in [3.63, 3.8) is 0 Å². The minimum Gasteiger partial charge on any atom is -0.372 e. The summed E-state index contributed by atoms with van der Waals surface area (Å²) in [4.78, 5) is 26.1. The lowest BCUT2D eigenvalue weighted by atomic mass is 10.1. The van der Waals surface area contributed by atoms with E-state index in [0.29, 0.717) is 11.8 Å². The van der Waals surface area contributed by atoms with Crippen LogP contribution >= 0.6 is 0 Å². The summed E-state index contributed by atoms with van der Waals surface area (Å²) in [6.07, 6.45) is 0. The van der Waals surface area contributed by atoms with Crippen LogP contribution in [0.3, 0.4) is 0 Å². The third kappa shape index (κ3) is 4.56. The molecule has 2 aromatic rings. The summed E-state index contributed by atoms with van der Waals surface area (Å²) in [5.41, 5.74) is 2.03. The maximum absolute atomic E-state index is 13.6. The monoisotopic (exact) mass is 361 g/mol. The van der Waals surface area contributed by atoms with Gasteiger partial charge in [0.15, 0.2) is 0 Å². The quantitative estimate of drug-likeness (QED) is 0.799. The summed E-state index contributed by atoms with van der Waals surface area (Å²) in [6, 6.07) is 8.16. The summed E-state index contributed by atoms with van der Waals surface area (Å²) in [7, 11) is 0. The summed E-state index contributed by atoms with van der Waals surface area (Å²) < 4.78 is 26.4. The Kier molecular flexibility index (Phi) is 6.27. The number of carbonyl (C=O) groups excluding carboxylic acids is 2. The fraction of sp³-hybridized carbons (Fsp3) is 0.263. The van der Waals surface area contributed by atoms with Crippen LogP contribution in [0.2, 0.25) is 0 Å². The molecule has 0 atom stereocenters. The van der Waals surface area contributed by atoms with Gasteiger partial charge >= 0.3 is 11.8 Å². The van der Waals surface area contributed by atoms with Gasteiger partial charge in [-0.3, -0.25) is 9.59 Å². The van der Waals surface area contributed by atoms with Gasteiger partial charge in [-0.05, 0) is 56.7 Å². The summed E-state index contributed by atoms with van der Waals surface area (Å²) in [5.74, 6) is -3.70. The lowest BCUT2D eigenvalue weighted by Crippen LogP contribution is -2.29. The Balaban J connectivity index is 2.08. The first-order valence-electron chi connectivity index (χ1n) is 8.28. The number of benzene rings is 2. The van der Waals surface area contributed by atoms with Gasteiger partial charge in [0.05, 0.1) is 5.69 Å². The minimum absolute atomic E-state index is 0.264. The van der Waals surface area contributed by atoms with Crippen molar-refractivity contribution >= 4 is 28.9 Å². The van der Waals surface area contributed by atoms with Crippen LogP contribution in [0.5, 0.6) is 0 Å². The van der Waals surface area contributed by atoms with Crippen molar-refractivity contribution in [1.29, 1.82) is 0 Å². The molecule has 0 aliphatic heterocycles. The second-order valence-electron chi connectivity index (χ2n) is 5.70. The molecule has 0 radical (unpaired) electrons. The molecule has 0 fully saturated rings. The Morgan fingerprint density at radius 3 is 2.04 bits per heavy atom. The first-order chi connectivity index (χ1) is 12.3. The van der Waals surface area contributed by atoms with Gasteiger partial charge in [0.1, 0.15) is 11.6 Å². The minimum atomic E-state index is -1.04. The van der Waals surface area contributed by atoms with E-state index in [-0.39, 0.29) is 5.69 Å². The van der Waals surface area contributed by atoms with Gasteiger partial charge in [-0.2, -0.15) is 0 Å². The second-order valence-corrected chi connectivity index (χ2v) is 5.70. The molecule has 5 nitrogen and oxygen atoms in total. The smallest absolute Gasteiger partial charge is 0.314 e. The molecule has 2 amide bonds. The molecule has 0 saturated heterocycles.